The lowest BCUT2D eigenvalue weighted by atomic mass is 9.79. The van der Waals surface area contributed by atoms with E-state index in [1.807, 2.05) is 0 Å². The summed E-state index contributed by atoms with van der Waals surface area (Å²) < 4.78 is 80.6. The molecule has 4 heterocycles. The van der Waals surface area contributed by atoms with Gasteiger partial charge in [-0.3, -0.25) is 57.3 Å². The molecule has 666 valence electrons. The zero-order valence-electron chi connectivity index (χ0n) is 66.3. The molecular formula is C72H122N6O36P2. The van der Waals surface area contributed by atoms with Crippen LogP contribution < -0.4 is 26.6 Å². The number of carbonyl (C=O) groups excluding carboxylic acids is 11. The fraction of sp³-hybridized carbons (Fsp3) is 0.833. The number of Topliss-reactive ketones (excluding diaryl/α,β-unsaturated/α-hetero) is 5. The monoisotopic (exact) mass is 1710 g/mol. The fourth-order valence-corrected chi connectivity index (χ4v) is 15.2. The van der Waals surface area contributed by atoms with E-state index < -0.39 is 231 Å². The van der Waals surface area contributed by atoms with Gasteiger partial charge in [0.2, 0.25) is 43.0 Å². The van der Waals surface area contributed by atoms with Crippen molar-refractivity contribution in [1.29, 1.82) is 0 Å². The van der Waals surface area contributed by atoms with E-state index in [1.165, 1.54) is 11.8 Å². The quantitative estimate of drug-likeness (QED) is 0.0200. The summed E-state index contributed by atoms with van der Waals surface area (Å²) in [5.74, 6) is -6.13. The number of rotatable bonds is 56. The van der Waals surface area contributed by atoms with E-state index in [9.17, 15) is 118 Å². The Labute approximate surface area is 672 Å². The number of nitrogens with one attached hydrogen (secondary N) is 5. The number of ether oxygens (including phenoxy) is 9. The second kappa shape index (κ2) is 50.9. The van der Waals surface area contributed by atoms with Crippen molar-refractivity contribution in [3.8, 4) is 0 Å². The average Bonchev–Trinajstić information content (AvgIpc) is 1.00. The molecule has 17 N–H and O–H groups in total. The zero-order chi connectivity index (χ0) is 86.0. The van der Waals surface area contributed by atoms with Crippen LogP contribution in [0.1, 0.15) is 143 Å². The second-order valence-corrected chi connectivity index (χ2v) is 33.5. The Bertz CT molecular complexity index is 3020. The molecule has 0 bridgehead atoms. The molecule has 42 nitrogen and oxygen atoms in total. The SMILES string of the molecule is C=P(O)(OC[C@@H]1C[C@@H](O)CN1C(=O)CCC(=O)NC(COCCC(=O)CCCC(=O)CCO[C@@H]1OC(CO)[C@H](O)[C@H](O)C1NC(C)=O)(COCCC(=O)CCCC(=O)CCO[C@@H]1CC(CO)[C@H](O)[C@H](O)C1NC(C)=O)COCCC(=O)NCCC(=O)CCO[C@@H]1OC(CO)[C@H](O)[C@H](O)C1NC(C)=O)O[C@H]1C[C@H](C)O[C@@H]1COP(C)(=O)O. The normalized spacial score (nSPS) is 29.6. The Balaban J connectivity index is 1.25. The lowest BCUT2D eigenvalue weighted by Gasteiger charge is -2.42. The molecule has 116 heavy (non-hydrogen) atoms. The van der Waals surface area contributed by atoms with Gasteiger partial charge in [0.25, 0.3) is 0 Å². The van der Waals surface area contributed by atoms with Gasteiger partial charge in [-0.05, 0) is 38.9 Å². The third-order valence-corrected chi connectivity index (χ3v) is 21.6. The zero-order valence-corrected chi connectivity index (χ0v) is 68.1. The Morgan fingerprint density at radius 2 is 0.948 bits per heavy atom. The van der Waals surface area contributed by atoms with Gasteiger partial charge in [0.15, 0.2) is 12.6 Å². The van der Waals surface area contributed by atoms with Gasteiger partial charge < -0.3 is 149 Å². The van der Waals surface area contributed by atoms with E-state index in [-0.39, 0.29) is 198 Å². The molecule has 5 aliphatic rings. The maximum absolute atomic E-state index is 14.3. The fourth-order valence-electron chi connectivity index (χ4n) is 13.7. The first kappa shape index (κ1) is 101. The number of aliphatic hydroxyl groups is 10. The molecule has 23 atom stereocenters. The third kappa shape index (κ3) is 35.8. The second-order valence-electron chi connectivity index (χ2n) is 29.9. The summed E-state index contributed by atoms with van der Waals surface area (Å²) in [6, 6.07) is -4.37. The van der Waals surface area contributed by atoms with E-state index in [4.69, 9.17) is 56.2 Å². The maximum Gasteiger partial charge on any atom is 0.325 e. The highest BCUT2D eigenvalue weighted by Gasteiger charge is 2.49. The predicted octanol–water partition coefficient (Wildman–Crippen LogP) is -5.19. The summed E-state index contributed by atoms with van der Waals surface area (Å²) in [5.41, 5.74) is -1.75. The van der Waals surface area contributed by atoms with Crippen molar-refractivity contribution in [3.63, 3.8) is 0 Å². The van der Waals surface area contributed by atoms with Crippen molar-refractivity contribution < 1.29 is 174 Å². The highest BCUT2D eigenvalue weighted by molar-refractivity contribution is 7.58. The first-order valence-corrected chi connectivity index (χ1v) is 42.7. The van der Waals surface area contributed by atoms with Crippen LogP contribution in [0.3, 0.4) is 0 Å². The molecule has 0 spiro atoms. The number of amides is 6. The van der Waals surface area contributed by atoms with Crippen LogP contribution in [0, 0.1) is 5.92 Å². The van der Waals surface area contributed by atoms with Gasteiger partial charge in [0.1, 0.15) is 95.4 Å². The number of aliphatic hydroxyl groups excluding tert-OH is 10. The molecule has 5 fully saturated rings. The summed E-state index contributed by atoms with van der Waals surface area (Å²) in [6.07, 6.45) is -16.9. The van der Waals surface area contributed by atoms with Gasteiger partial charge in [-0.15, -0.1) is 0 Å². The lowest BCUT2D eigenvalue weighted by Crippen LogP contribution is -2.64. The van der Waals surface area contributed by atoms with Crippen LogP contribution in [0.25, 0.3) is 0 Å². The van der Waals surface area contributed by atoms with Gasteiger partial charge in [-0.25, -0.2) is 0 Å². The summed E-state index contributed by atoms with van der Waals surface area (Å²) in [6.45, 7) is 0.248. The Hall–Kier alpha value is -5.26. The third-order valence-electron chi connectivity index (χ3n) is 19.8. The number of carbonyl (C=O) groups is 11. The smallest absolute Gasteiger partial charge is 0.325 e. The molecule has 4 saturated heterocycles. The van der Waals surface area contributed by atoms with E-state index in [2.05, 4.69) is 32.9 Å². The Morgan fingerprint density at radius 3 is 1.42 bits per heavy atom. The highest BCUT2D eigenvalue weighted by atomic mass is 31.2. The van der Waals surface area contributed by atoms with Crippen molar-refractivity contribution >= 4 is 85.8 Å². The van der Waals surface area contributed by atoms with Crippen LogP contribution in [0.2, 0.25) is 0 Å². The highest BCUT2D eigenvalue weighted by Crippen LogP contribution is 2.48. The number of nitrogens with zero attached hydrogens (tertiary/aromatic N) is 1. The molecule has 0 aromatic rings. The van der Waals surface area contributed by atoms with Gasteiger partial charge in [-0.2, -0.15) is 0 Å². The van der Waals surface area contributed by atoms with Crippen molar-refractivity contribution in [2.45, 2.75) is 265 Å². The van der Waals surface area contributed by atoms with E-state index in [0.717, 1.165) is 20.5 Å². The van der Waals surface area contributed by atoms with Crippen LogP contribution in [-0.4, -0.2) is 370 Å². The van der Waals surface area contributed by atoms with E-state index in [0.29, 0.717) is 0 Å². The largest absolute Gasteiger partial charge is 0.396 e. The van der Waals surface area contributed by atoms with Crippen LogP contribution in [0.15, 0.2) is 0 Å². The molecule has 6 amide bonds. The topological polar surface area (TPSA) is 622 Å². The average molecular weight is 1710 g/mol. The lowest BCUT2D eigenvalue weighted by molar-refractivity contribution is -0.269. The Kier molecular flexibility index (Phi) is 44.4. The van der Waals surface area contributed by atoms with Gasteiger partial charge >= 0.3 is 7.60 Å². The number of ketones is 5. The van der Waals surface area contributed by atoms with Crippen LogP contribution in [0.5, 0.6) is 0 Å². The van der Waals surface area contributed by atoms with Crippen LogP contribution in [0.4, 0.5) is 0 Å². The molecule has 4 aliphatic heterocycles. The Morgan fingerprint density at radius 1 is 0.491 bits per heavy atom. The van der Waals surface area contributed by atoms with E-state index >= 15 is 0 Å². The van der Waals surface area contributed by atoms with Crippen molar-refractivity contribution in [2.75, 3.05) is 112 Å². The minimum absolute atomic E-state index is 0.0208. The molecule has 44 heteroatoms. The van der Waals surface area contributed by atoms with Crippen molar-refractivity contribution in [1.82, 2.24) is 31.5 Å². The minimum Gasteiger partial charge on any atom is -0.396 e. The van der Waals surface area contributed by atoms with Gasteiger partial charge in [-0.1, -0.05) is 0 Å². The summed E-state index contributed by atoms with van der Waals surface area (Å²) in [4.78, 5) is 165. The van der Waals surface area contributed by atoms with Crippen molar-refractivity contribution in [3.05, 3.63) is 0 Å². The molecule has 9 unspecified atom stereocenters. The first-order valence-electron chi connectivity index (χ1n) is 38.9. The number of hydrogen-bond acceptors (Lipinski definition) is 35. The standard InChI is InChI=1S/C72H122N6O36P2/c1-41-29-53(57(111-41)37-109-115(5,100)101)114-116(6,102)110-36-46-31-52(90)32-78(46)60(93)14-13-59(92)77-72(38-103-23-16-47(85)9-7-11-49(87)18-26-106-54-30-45(33-79)64(94)67(97)61(54)74-42(2)82,39-104-24-17-48(86)10-8-12-50(88)19-27-107-70-62(75-43(3)83)68(98)65(95)55(34-80)112-70)40-105-25-21-58(91)73-22-15-51(89)20-28-108-71-63(76-44(4)84)69(99)66(96)56(35-81)113-71/h41,45-46,52-57,61-71,79-81,90,94-99,102H,6-40H2,1-5H3,(H,73,91)(H,74,82)(H,75,83)(H,76,84)(H,77,92)(H,100,101)/t41-,45?,46-,52+,53-,54+,55?,56?,57+,61?,62?,63?,64-,65-,66-,67+,68+,69+,70+,71+,72?,116?/m0/s1. The summed E-state index contributed by atoms with van der Waals surface area (Å²) >= 11 is 0. The molecule has 1 saturated carbocycles. The molecule has 5 rings (SSSR count). The summed E-state index contributed by atoms with van der Waals surface area (Å²) in [5, 5.41) is 116. The van der Waals surface area contributed by atoms with Crippen molar-refractivity contribution in [2.24, 2.45) is 5.92 Å². The minimum atomic E-state index is -3.96. The maximum atomic E-state index is 14.3. The molecule has 0 radical (unpaired) electrons. The molecule has 1 aliphatic carbocycles. The van der Waals surface area contributed by atoms with Crippen LogP contribution in [-0.2, 0) is 114 Å². The molecule has 0 aromatic heterocycles. The number of likely N-dealkylation sites (tertiary alicyclic amines) is 1. The van der Waals surface area contributed by atoms with Gasteiger partial charge in [0, 0.05) is 143 Å². The number of hydrogen-bond donors (Lipinski definition) is 17. The molecular weight excluding hydrogens is 1590 g/mol. The first-order chi connectivity index (χ1) is 54.8. The van der Waals surface area contributed by atoms with E-state index in [1.54, 1.807) is 6.92 Å². The number of β-amino-alcohol motifs (C(OH)–C–C–N with tert-alkyl or cyclic N) is 1. The summed E-state index contributed by atoms with van der Waals surface area (Å²) in [7, 11) is -7.88. The van der Waals surface area contributed by atoms with Gasteiger partial charge in [0.05, 0.1) is 128 Å². The predicted molar refractivity (Wildman–Crippen MR) is 402 cm³/mol. The molecule has 0 aromatic carbocycles. The van der Waals surface area contributed by atoms with Crippen LogP contribution >= 0.6 is 15.2 Å².